The Morgan fingerprint density at radius 2 is 1.96 bits per heavy atom. The third kappa shape index (κ3) is 3.58. The van der Waals surface area contributed by atoms with E-state index in [1.54, 1.807) is 0 Å². The van der Waals surface area contributed by atoms with Gasteiger partial charge in [-0.1, -0.05) is 0 Å². The van der Waals surface area contributed by atoms with Gasteiger partial charge in [-0.2, -0.15) is 5.10 Å². The van der Waals surface area contributed by atoms with Crippen molar-refractivity contribution in [2.45, 2.75) is 20.8 Å². The lowest BCUT2D eigenvalue weighted by atomic mass is 10.1. The average Bonchev–Trinajstić information content (AvgIpc) is 3.20. The lowest BCUT2D eigenvalue weighted by Crippen LogP contribution is -2.41. The van der Waals surface area contributed by atoms with Gasteiger partial charge in [-0.05, 0) is 44.0 Å². The standard InChI is InChI=1S/C19H24N6O2/c1-11-8-14-15(9-12(11)2)21-19(20-14)18-17(13(3)23-24-18)22-16(26)10-25-4-6-27-7-5-25/h8-9H,4-7,10H2,1-3H3,(H,20,21)(H,22,26)(H,23,24). The van der Waals surface area contributed by atoms with Gasteiger partial charge in [0, 0.05) is 13.1 Å². The first-order chi connectivity index (χ1) is 13.0. The first-order valence-corrected chi connectivity index (χ1v) is 9.13. The van der Waals surface area contributed by atoms with Crippen LogP contribution in [0, 0.1) is 20.8 Å². The van der Waals surface area contributed by atoms with Crippen molar-refractivity contribution < 1.29 is 9.53 Å². The predicted molar refractivity (Wildman–Crippen MR) is 104 cm³/mol. The van der Waals surface area contributed by atoms with Crippen LogP contribution in [0.2, 0.25) is 0 Å². The second-order valence-corrected chi connectivity index (χ2v) is 7.05. The molecule has 1 aromatic carbocycles. The minimum atomic E-state index is -0.0644. The van der Waals surface area contributed by atoms with E-state index in [9.17, 15) is 4.79 Å². The molecule has 1 fully saturated rings. The fourth-order valence-corrected chi connectivity index (χ4v) is 3.28. The number of anilines is 1. The van der Waals surface area contributed by atoms with Crippen molar-refractivity contribution in [1.29, 1.82) is 0 Å². The summed E-state index contributed by atoms with van der Waals surface area (Å²) in [7, 11) is 0. The van der Waals surface area contributed by atoms with E-state index >= 15 is 0 Å². The van der Waals surface area contributed by atoms with E-state index in [1.165, 1.54) is 11.1 Å². The molecular weight excluding hydrogens is 344 g/mol. The average molecular weight is 368 g/mol. The number of H-pyrrole nitrogens is 2. The maximum Gasteiger partial charge on any atom is 0.238 e. The topological polar surface area (TPSA) is 98.9 Å². The van der Waals surface area contributed by atoms with Crippen LogP contribution in [-0.2, 0) is 9.53 Å². The Morgan fingerprint density at radius 3 is 2.74 bits per heavy atom. The van der Waals surface area contributed by atoms with E-state index in [2.05, 4.69) is 56.4 Å². The maximum absolute atomic E-state index is 12.5. The van der Waals surface area contributed by atoms with Crippen LogP contribution in [0.25, 0.3) is 22.6 Å². The number of carbonyl (C=O) groups excluding carboxylic acids is 1. The molecule has 0 atom stereocenters. The van der Waals surface area contributed by atoms with E-state index in [-0.39, 0.29) is 5.91 Å². The minimum Gasteiger partial charge on any atom is -0.379 e. The van der Waals surface area contributed by atoms with Crippen molar-refractivity contribution in [2.24, 2.45) is 0 Å². The molecule has 2 aromatic heterocycles. The number of morpholine rings is 1. The zero-order valence-corrected chi connectivity index (χ0v) is 15.8. The van der Waals surface area contributed by atoms with E-state index in [0.717, 1.165) is 29.8 Å². The Bertz CT molecular complexity index is 945. The normalized spacial score (nSPS) is 15.4. The monoisotopic (exact) mass is 368 g/mol. The van der Waals surface area contributed by atoms with Crippen LogP contribution in [0.4, 0.5) is 5.69 Å². The highest BCUT2D eigenvalue weighted by Crippen LogP contribution is 2.29. The molecule has 8 nitrogen and oxygen atoms in total. The van der Waals surface area contributed by atoms with Crippen molar-refractivity contribution in [3.63, 3.8) is 0 Å². The molecule has 3 aromatic rings. The molecule has 3 N–H and O–H groups in total. The predicted octanol–water partition coefficient (Wildman–Crippen LogP) is 2.15. The molecule has 1 amide bonds. The van der Waals surface area contributed by atoms with Gasteiger partial charge in [-0.15, -0.1) is 0 Å². The first kappa shape index (κ1) is 17.7. The Labute approximate surface area is 157 Å². The number of hydrogen-bond donors (Lipinski definition) is 3. The molecule has 0 spiro atoms. The summed E-state index contributed by atoms with van der Waals surface area (Å²) in [6.45, 7) is 9.25. The van der Waals surface area contributed by atoms with Gasteiger partial charge in [-0.3, -0.25) is 14.8 Å². The molecule has 0 radical (unpaired) electrons. The van der Waals surface area contributed by atoms with Crippen LogP contribution in [-0.4, -0.2) is 63.8 Å². The Balaban J connectivity index is 1.59. The summed E-state index contributed by atoms with van der Waals surface area (Å²) in [5, 5.41) is 10.3. The van der Waals surface area contributed by atoms with E-state index in [0.29, 0.717) is 37.0 Å². The summed E-state index contributed by atoms with van der Waals surface area (Å²) < 4.78 is 5.33. The third-order valence-electron chi connectivity index (χ3n) is 5.00. The van der Waals surface area contributed by atoms with Crippen LogP contribution >= 0.6 is 0 Å². The molecule has 1 aliphatic rings. The van der Waals surface area contributed by atoms with Gasteiger partial charge in [0.05, 0.1) is 42.2 Å². The van der Waals surface area contributed by atoms with Crippen molar-refractivity contribution in [2.75, 3.05) is 38.2 Å². The SMILES string of the molecule is Cc1cc2nc(-c3n[nH]c(C)c3NC(=O)CN3CCOCC3)[nH]c2cc1C. The second kappa shape index (κ2) is 7.13. The number of aromatic nitrogens is 4. The molecule has 0 unspecified atom stereocenters. The van der Waals surface area contributed by atoms with E-state index < -0.39 is 0 Å². The number of aryl methyl sites for hydroxylation is 3. The fourth-order valence-electron chi connectivity index (χ4n) is 3.28. The Hall–Kier alpha value is -2.71. The highest BCUT2D eigenvalue weighted by atomic mass is 16.5. The number of carbonyl (C=O) groups is 1. The first-order valence-electron chi connectivity index (χ1n) is 9.13. The van der Waals surface area contributed by atoms with Gasteiger partial charge >= 0.3 is 0 Å². The van der Waals surface area contributed by atoms with E-state index in [4.69, 9.17) is 4.74 Å². The van der Waals surface area contributed by atoms with Crippen molar-refractivity contribution in [3.05, 3.63) is 29.0 Å². The van der Waals surface area contributed by atoms with Crippen LogP contribution in [0.15, 0.2) is 12.1 Å². The lowest BCUT2D eigenvalue weighted by Gasteiger charge is -2.25. The number of hydrogen-bond acceptors (Lipinski definition) is 5. The van der Waals surface area contributed by atoms with Gasteiger partial charge in [0.2, 0.25) is 5.91 Å². The molecule has 0 bridgehead atoms. The summed E-state index contributed by atoms with van der Waals surface area (Å²) in [5.41, 5.74) is 6.33. The fraction of sp³-hybridized carbons (Fsp3) is 0.421. The van der Waals surface area contributed by atoms with Crippen molar-refractivity contribution in [3.8, 4) is 11.5 Å². The summed E-state index contributed by atoms with van der Waals surface area (Å²) in [5.74, 6) is 0.575. The largest absolute Gasteiger partial charge is 0.379 e. The van der Waals surface area contributed by atoms with Gasteiger partial charge in [0.25, 0.3) is 0 Å². The van der Waals surface area contributed by atoms with Gasteiger partial charge in [-0.25, -0.2) is 4.98 Å². The van der Waals surface area contributed by atoms with Crippen LogP contribution in [0.1, 0.15) is 16.8 Å². The molecule has 142 valence electrons. The summed E-state index contributed by atoms with van der Waals surface area (Å²) in [6, 6.07) is 4.14. The molecule has 0 aliphatic carbocycles. The van der Waals surface area contributed by atoms with Crippen molar-refractivity contribution in [1.82, 2.24) is 25.1 Å². The second-order valence-electron chi connectivity index (χ2n) is 7.05. The number of rotatable bonds is 4. The number of imidazole rings is 1. The highest BCUT2D eigenvalue weighted by molar-refractivity contribution is 5.96. The molecule has 8 heteroatoms. The van der Waals surface area contributed by atoms with Gasteiger partial charge < -0.3 is 15.0 Å². The number of amides is 1. The quantitative estimate of drug-likeness (QED) is 0.655. The Morgan fingerprint density at radius 1 is 1.22 bits per heavy atom. The number of ether oxygens (including phenoxy) is 1. The van der Waals surface area contributed by atoms with Crippen LogP contribution < -0.4 is 5.32 Å². The molecule has 1 saturated heterocycles. The molecule has 4 rings (SSSR count). The smallest absolute Gasteiger partial charge is 0.238 e. The number of nitrogens with zero attached hydrogens (tertiary/aromatic N) is 3. The van der Waals surface area contributed by atoms with Gasteiger partial charge in [0.1, 0.15) is 0 Å². The summed E-state index contributed by atoms with van der Waals surface area (Å²) in [4.78, 5) is 22.6. The Kier molecular flexibility index (Phi) is 4.67. The number of fused-ring (bicyclic) bond motifs is 1. The molecule has 3 heterocycles. The summed E-state index contributed by atoms with van der Waals surface area (Å²) in [6.07, 6.45) is 0. The zero-order valence-electron chi connectivity index (χ0n) is 15.8. The van der Waals surface area contributed by atoms with Crippen LogP contribution in [0.3, 0.4) is 0 Å². The van der Waals surface area contributed by atoms with Crippen LogP contribution in [0.5, 0.6) is 0 Å². The van der Waals surface area contributed by atoms with Gasteiger partial charge in [0.15, 0.2) is 11.5 Å². The summed E-state index contributed by atoms with van der Waals surface area (Å²) >= 11 is 0. The molecule has 1 aliphatic heterocycles. The number of aromatic amines is 2. The molecule has 27 heavy (non-hydrogen) atoms. The number of nitrogens with one attached hydrogen (secondary N) is 3. The number of benzene rings is 1. The van der Waals surface area contributed by atoms with E-state index in [1.807, 2.05) is 6.92 Å². The van der Waals surface area contributed by atoms with Crippen molar-refractivity contribution >= 4 is 22.6 Å². The maximum atomic E-state index is 12.5. The lowest BCUT2D eigenvalue weighted by molar-refractivity contribution is -0.118. The third-order valence-corrected chi connectivity index (χ3v) is 5.00. The molecular formula is C19H24N6O2. The highest BCUT2D eigenvalue weighted by Gasteiger charge is 2.20. The zero-order chi connectivity index (χ0) is 19.0. The minimum absolute atomic E-state index is 0.0644. The molecule has 0 saturated carbocycles.